The molecule has 0 spiro atoms. The number of nitrogen functional groups attached to an aromatic ring is 1. The van der Waals surface area contributed by atoms with Crippen LogP contribution in [0.15, 0.2) is 0 Å². The summed E-state index contributed by atoms with van der Waals surface area (Å²) < 4.78 is 5.75. The molecular formula is C14H20N4O2. The fourth-order valence-corrected chi connectivity index (χ4v) is 3.52. The third-order valence-electron chi connectivity index (χ3n) is 4.76. The highest BCUT2D eigenvalue weighted by Gasteiger charge is 2.40. The van der Waals surface area contributed by atoms with E-state index in [9.17, 15) is 4.79 Å². The molecule has 0 radical (unpaired) electrons. The molecule has 2 unspecified atom stereocenters. The lowest BCUT2D eigenvalue weighted by atomic mass is 10.1. The lowest BCUT2D eigenvalue weighted by Gasteiger charge is -2.37. The van der Waals surface area contributed by atoms with Gasteiger partial charge in [-0.1, -0.05) is 0 Å². The van der Waals surface area contributed by atoms with E-state index in [1.54, 1.807) is 0 Å². The van der Waals surface area contributed by atoms with Gasteiger partial charge in [0.1, 0.15) is 0 Å². The van der Waals surface area contributed by atoms with Crippen molar-refractivity contribution in [1.29, 1.82) is 0 Å². The molecule has 1 amide bonds. The van der Waals surface area contributed by atoms with Crippen LogP contribution in [0.25, 0.3) is 0 Å². The predicted molar refractivity (Wildman–Crippen MR) is 73.4 cm³/mol. The number of aromatic amines is 1. The lowest BCUT2D eigenvalue weighted by Crippen LogP contribution is -2.51. The monoisotopic (exact) mass is 276 g/mol. The standard InChI is InChI=1S/C14H20N4O2/c15-11-12(8-4-5-8)16-17-13(11)14(19)18-6-7-20-10-3-1-2-9(10)18/h8-10H,1-7,15H2,(H,16,17). The summed E-state index contributed by atoms with van der Waals surface area (Å²) in [5.74, 6) is 0.443. The summed E-state index contributed by atoms with van der Waals surface area (Å²) in [6.45, 7) is 1.26. The molecule has 1 aliphatic heterocycles. The van der Waals surface area contributed by atoms with E-state index in [1.807, 2.05) is 4.90 Å². The number of hydrogen-bond donors (Lipinski definition) is 2. The highest BCUT2D eigenvalue weighted by atomic mass is 16.5. The van der Waals surface area contributed by atoms with Gasteiger partial charge in [-0.25, -0.2) is 0 Å². The Labute approximate surface area is 117 Å². The molecule has 0 bridgehead atoms. The number of morpholine rings is 1. The molecular weight excluding hydrogens is 256 g/mol. The highest BCUT2D eigenvalue weighted by molar-refractivity contribution is 5.98. The second kappa shape index (κ2) is 4.48. The van der Waals surface area contributed by atoms with Gasteiger partial charge in [0.15, 0.2) is 5.69 Å². The summed E-state index contributed by atoms with van der Waals surface area (Å²) in [5.41, 5.74) is 8.02. The van der Waals surface area contributed by atoms with Crippen LogP contribution in [0.4, 0.5) is 5.69 Å². The van der Waals surface area contributed by atoms with Gasteiger partial charge in [-0.15, -0.1) is 0 Å². The van der Waals surface area contributed by atoms with Gasteiger partial charge < -0.3 is 15.4 Å². The van der Waals surface area contributed by atoms with E-state index in [0.29, 0.717) is 30.5 Å². The van der Waals surface area contributed by atoms with Crippen molar-refractivity contribution in [3.8, 4) is 0 Å². The Morgan fingerprint density at radius 1 is 1.35 bits per heavy atom. The Hall–Kier alpha value is -1.56. The van der Waals surface area contributed by atoms with Crippen molar-refractivity contribution < 1.29 is 9.53 Å². The minimum atomic E-state index is -0.0362. The van der Waals surface area contributed by atoms with Crippen LogP contribution in [0.5, 0.6) is 0 Å². The van der Waals surface area contributed by atoms with Crippen LogP contribution in [-0.2, 0) is 4.74 Å². The van der Waals surface area contributed by atoms with Crippen LogP contribution in [0.1, 0.15) is 54.2 Å². The summed E-state index contributed by atoms with van der Waals surface area (Å²) in [4.78, 5) is 14.6. The zero-order valence-corrected chi connectivity index (χ0v) is 11.5. The number of amides is 1. The number of carbonyl (C=O) groups is 1. The topological polar surface area (TPSA) is 84.2 Å². The Morgan fingerprint density at radius 2 is 2.20 bits per heavy atom. The number of anilines is 1. The number of rotatable bonds is 2. The molecule has 1 saturated heterocycles. The van der Waals surface area contributed by atoms with E-state index in [0.717, 1.165) is 37.8 Å². The maximum absolute atomic E-state index is 12.7. The van der Waals surface area contributed by atoms with E-state index in [4.69, 9.17) is 10.5 Å². The van der Waals surface area contributed by atoms with Crippen molar-refractivity contribution >= 4 is 11.6 Å². The quantitative estimate of drug-likeness (QED) is 0.851. The number of ether oxygens (including phenoxy) is 1. The second-order valence-corrected chi connectivity index (χ2v) is 6.08. The number of nitrogens with zero attached hydrogens (tertiary/aromatic N) is 2. The van der Waals surface area contributed by atoms with Gasteiger partial charge in [-0.2, -0.15) is 5.10 Å². The fraction of sp³-hybridized carbons (Fsp3) is 0.714. The largest absolute Gasteiger partial charge is 0.395 e. The molecule has 6 heteroatoms. The van der Waals surface area contributed by atoms with E-state index in [1.165, 1.54) is 0 Å². The van der Waals surface area contributed by atoms with Gasteiger partial charge in [0.05, 0.1) is 30.1 Å². The number of nitrogens with one attached hydrogen (secondary N) is 1. The van der Waals surface area contributed by atoms with Gasteiger partial charge in [0, 0.05) is 12.5 Å². The average Bonchev–Trinajstić information content (AvgIpc) is 3.05. The molecule has 3 aliphatic rings. The van der Waals surface area contributed by atoms with Crippen LogP contribution < -0.4 is 5.73 Å². The minimum absolute atomic E-state index is 0.0362. The summed E-state index contributed by atoms with van der Waals surface area (Å²) >= 11 is 0. The van der Waals surface area contributed by atoms with Gasteiger partial charge in [0.25, 0.3) is 5.91 Å². The molecule has 2 aliphatic carbocycles. The van der Waals surface area contributed by atoms with Gasteiger partial charge in [-0.05, 0) is 32.1 Å². The zero-order valence-electron chi connectivity index (χ0n) is 11.5. The molecule has 3 N–H and O–H groups in total. The van der Waals surface area contributed by atoms with Crippen LogP contribution in [0.3, 0.4) is 0 Å². The van der Waals surface area contributed by atoms with Crippen molar-refractivity contribution in [2.45, 2.75) is 50.2 Å². The SMILES string of the molecule is Nc1c(C(=O)N2CCOC3CCCC32)n[nH]c1C1CC1. The first kappa shape index (κ1) is 12.2. The molecule has 20 heavy (non-hydrogen) atoms. The van der Waals surface area contributed by atoms with E-state index in [-0.39, 0.29) is 18.1 Å². The van der Waals surface area contributed by atoms with Crippen LogP contribution in [0.2, 0.25) is 0 Å². The number of aromatic nitrogens is 2. The van der Waals surface area contributed by atoms with Crippen molar-refractivity contribution in [1.82, 2.24) is 15.1 Å². The zero-order chi connectivity index (χ0) is 13.7. The summed E-state index contributed by atoms with van der Waals surface area (Å²) in [6, 6.07) is 0.205. The van der Waals surface area contributed by atoms with Crippen LogP contribution in [-0.4, -0.2) is 46.3 Å². The molecule has 0 aromatic carbocycles. The molecule has 6 nitrogen and oxygen atoms in total. The maximum Gasteiger partial charge on any atom is 0.276 e. The number of H-pyrrole nitrogens is 1. The first-order chi connectivity index (χ1) is 9.75. The number of fused-ring (bicyclic) bond motifs is 1. The third-order valence-corrected chi connectivity index (χ3v) is 4.76. The van der Waals surface area contributed by atoms with Crippen molar-refractivity contribution in [2.24, 2.45) is 0 Å². The smallest absolute Gasteiger partial charge is 0.276 e. The van der Waals surface area contributed by atoms with Gasteiger partial charge >= 0.3 is 0 Å². The van der Waals surface area contributed by atoms with Crippen LogP contribution >= 0.6 is 0 Å². The molecule has 4 rings (SSSR count). The Bertz CT molecular complexity index is 537. The van der Waals surface area contributed by atoms with E-state index in [2.05, 4.69) is 10.2 Å². The first-order valence-electron chi connectivity index (χ1n) is 7.52. The molecule has 2 saturated carbocycles. The molecule has 2 atom stereocenters. The number of carbonyl (C=O) groups excluding carboxylic acids is 1. The molecule has 2 heterocycles. The van der Waals surface area contributed by atoms with Crippen LogP contribution in [0, 0.1) is 0 Å². The average molecular weight is 276 g/mol. The van der Waals surface area contributed by atoms with Crippen molar-refractivity contribution in [3.63, 3.8) is 0 Å². The summed E-state index contributed by atoms with van der Waals surface area (Å²) in [7, 11) is 0. The Morgan fingerprint density at radius 3 is 3.00 bits per heavy atom. The van der Waals surface area contributed by atoms with Crippen molar-refractivity contribution in [3.05, 3.63) is 11.4 Å². The Kier molecular flexibility index (Phi) is 2.73. The highest BCUT2D eigenvalue weighted by Crippen LogP contribution is 2.42. The van der Waals surface area contributed by atoms with E-state index < -0.39 is 0 Å². The fourth-order valence-electron chi connectivity index (χ4n) is 3.52. The molecule has 3 fully saturated rings. The van der Waals surface area contributed by atoms with E-state index >= 15 is 0 Å². The normalized spacial score (nSPS) is 29.5. The van der Waals surface area contributed by atoms with Gasteiger partial charge in [-0.3, -0.25) is 9.89 Å². The molecule has 1 aromatic rings. The third kappa shape index (κ3) is 1.82. The molecule has 108 valence electrons. The lowest BCUT2D eigenvalue weighted by molar-refractivity contribution is -0.0446. The first-order valence-corrected chi connectivity index (χ1v) is 7.52. The maximum atomic E-state index is 12.7. The summed E-state index contributed by atoms with van der Waals surface area (Å²) in [6.07, 6.45) is 5.69. The van der Waals surface area contributed by atoms with Gasteiger partial charge in [0.2, 0.25) is 0 Å². The second-order valence-electron chi connectivity index (χ2n) is 6.08. The Balaban J connectivity index is 1.59. The minimum Gasteiger partial charge on any atom is -0.395 e. The number of hydrogen-bond acceptors (Lipinski definition) is 4. The van der Waals surface area contributed by atoms with Crippen molar-refractivity contribution in [2.75, 3.05) is 18.9 Å². The summed E-state index contributed by atoms with van der Waals surface area (Å²) in [5, 5.41) is 7.15. The molecule has 1 aromatic heterocycles. The number of nitrogens with two attached hydrogens (primary N) is 1. The predicted octanol–water partition coefficient (Wildman–Crippen LogP) is 1.26.